The van der Waals surface area contributed by atoms with E-state index in [1.807, 2.05) is 16.8 Å². The molecule has 2 heterocycles. The summed E-state index contributed by atoms with van der Waals surface area (Å²) in [6, 6.07) is 13.0. The number of anilines is 3. The van der Waals surface area contributed by atoms with E-state index in [2.05, 4.69) is 31.5 Å². The molecule has 0 atom stereocenters. The van der Waals surface area contributed by atoms with Gasteiger partial charge in [-0.05, 0) is 54.1 Å². The molecule has 9 heteroatoms. The first-order chi connectivity index (χ1) is 14.9. The Morgan fingerprint density at radius 3 is 2.81 bits per heavy atom. The summed E-state index contributed by atoms with van der Waals surface area (Å²) in [5, 5.41) is 5.90. The van der Waals surface area contributed by atoms with Crippen LogP contribution in [0.1, 0.15) is 5.56 Å². The molecule has 0 aliphatic rings. The minimum absolute atomic E-state index is 0.0944. The molecule has 7 nitrogen and oxygen atoms in total. The van der Waals surface area contributed by atoms with Crippen molar-refractivity contribution < 1.29 is 13.9 Å². The molecule has 0 spiro atoms. The highest BCUT2D eigenvalue weighted by atomic mass is 79.9. The fourth-order valence-corrected chi connectivity index (χ4v) is 3.71. The summed E-state index contributed by atoms with van der Waals surface area (Å²) in [5.41, 5.74) is 8.04. The zero-order valence-electron chi connectivity index (χ0n) is 16.5. The number of urea groups is 1. The third kappa shape index (κ3) is 4.46. The predicted octanol–water partition coefficient (Wildman–Crippen LogP) is 5.22. The summed E-state index contributed by atoms with van der Waals surface area (Å²) >= 11 is 3.36. The molecule has 0 aliphatic carbocycles. The Bertz CT molecular complexity index is 1270. The third-order valence-electron chi connectivity index (χ3n) is 4.75. The molecule has 0 radical (unpaired) electrons. The van der Waals surface area contributed by atoms with E-state index in [-0.39, 0.29) is 5.69 Å². The number of halogens is 2. The average molecular weight is 484 g/mol. The van der Waals surface area contributed by atoms with Crippen LogP contribution < -0.4 is 21.1 Å². The number of hydrogen-bond donors (Lipinski definition) is 3. The van der Waals surface area contributed by atoms with Crippen LogP contribution in [0.15, 0.2) is 65.4 Å². The SMILES string of the molecule is COc1ccc(Br)cc1NC(=O)Nc1c(F)ccc2c1ccn2Cc1ccnc(N)c1. The summed E-state index contributed by atoms with van der Waals surface area (Å²) < 4.78 is 22.6. The summed E-state index contributed by atoms with van der Waals surface area (Å²) in [7, 11) is 1.51. The molecule has 0 aliphatic heterocycles. The molecule has 2 amide bonds. The Labute approximate surface area is 186 Å². The number of rotatable bonds is 5. The van der Waals surface area contributed by atoms with Gasteiger partial charge in [-0.1, -0.05) is 15.9 Å². The number of hydrogen-bond acceptors (Lipinski definition) is 4. The molecule has 0 saturated heterocycles. The van der Waals surface area contributed by atoms with E-state index in [1.54, 1.807) is 42.6 Å². The van der Waals surface area contributed by atoms with Crippen LogP contribution in [0.2, 0.25) is 0 Å². The van der Waals surface area contributed by atoms with E-state index in [1.165, 1.54) is 13.2 Å². The number of ether oxygens (including phenoxy) is 1. The van der Waals surface area contributed by atoms with Crippen molar-refractivity contribution >= 4 is 50.1 Å². The molecular formula is C22H19BrFN5O2. The van der Waals surface area contributed by atoms with Gasteiger partial charge in [-0.25, -0.2) is 14.2 Å². The molecule has 0 fully saturated rings. The predicted molar refractivity (Wildman–Crippen MR) is 123 cm³/mol. The molecule has 0 saturated carbocycles. The molecule has 0 unspecified atom stereocenters. The molecule has 4 rings (SSSR count). The number of pyridine rings is 1. The Balaban J connectivity index is 1.61. The van der Waals surface area contributed by atoms with E-state index in [0.29, 0.717) is 29.2 Å². The van der Waals surface area contributed by atoms with E-state index in [0.717, 1.165) is 15.6 Å². The van der Waals surface area contributed by atoms with Crippen molar-refractivity contribution in [2.75, 3.05) is 23.5 Å². The lowest BCUT2D eigenvalue weighted by Crippen LogP contribution is -2.20. The van der Waals surface area contributed by atoms with E-state index >= 15 is 0 Å². The Hall–Kier alpha value is -3.59. The normalized spacial score (nSPS) is 10.8. The quantitative estimate of drug-likeness (QED) is 0.362. The van der Waals surface area contributed by atoms with Gasteiger partial charge in [-0.3, -0.25) is 0 Å². The largest absolute Gasteiger partial charge is 0.495 e. The lowest BCUT2D eigenvalue weighted by Gasteiger charge is -2.13. The standard InChI is InChI=1S/C22H19BrFN5O2/c1-31-19-5-2-14(23)11-17(19)27-22(30)28-21-15-7-9-29(18(15)4-3-16(21)24)12-13-6-8-26-20(25)10-13/h2-11H,12H2,1H3,(H2,25,26)(H2,27,28,30). The summed E-state index contributed by atoms with van der Waals surface area (Å²) in [4.78, 5) is 16.6. The van der Waals surface area contributed by atoms with Gasteiger partial charge in [0.25, 0.3) is 0 Å². The number of nitrogens with one attached hydrogen (secondary N) is 2. The number of methoxy groups -OCH3 is 1. The van der Waals surface area contributed by atoms with Crippen LogP contribution in [-0.4, -0.2) is 22.7 Å². The topological polar surface area (TPSA) is 94.2 Å². The van der Waals surface area contributed by atoms with Crippen molar-refractivity contribution in [3.8, 4) is 5.75 Å². The summed E-state index contributed by atoms with van der Waals surface area (Å²) in [5.74, 6) is 0.386. The molecule has 0 bridgehead atoms. The highest BCUT2D eigenvalue weighted by molar-refractivity contribution is 9.10. The first-order valence-electron chi connectivity index (χ1n) is 9.34. The lowest BCUT2D eigenvalue weighted by molar-refractivity contribution is 0.262. The van der Waals surface area contributed by atoms with Gasteiger partial charge in [0, 0.05) is 28.8 Å². The Morgan fingerprint density at radius 1 is 1.19 bits per heavy atom. The van der Waals surface area contributed by atoms with E-state index < -0.39 is 11.8 Å². The van der Waals surface area contributed by atoms with Gasteiger partial charge in [-0.15, -0.1) is 0 Å². The second kappa shape index (κ2) is 8.65. The van der Waals surface area contributed by atoms with Crippen LogP contribution in [0, 0.1) is 5.82 Å². The van der Waals surface area contributed by atoms with Crippen molar-refractivity contribution in [1.82, 2.24) is 9.55 Å². The highest BCUT2D eigenvalue weighted by Gasteiger charge is 2.15. The van der Waals surface area contributed by atoms with Crippen LogP contribution in [0.25, 0.3) is 10.9 Å². The number of fused-ring (bicyclic) bond motifs is 1. The maximum absolute atomic E-state index is 14.6. The molecule has 4 N–H and O–H groups in total. The number of aromatic nitrogens is 2. The lowest BCUT2D eigenvalue weighted by atomic mass is 10.2. The zero-order chi connectivity index (χ0) is 22.0. The van der Waals surface area contributed by atoms with Crippen LogP contribution in [0.4, 0.5) is 26.4 Å². The molecule has 4 aromatic rings. The first-order valence-corrected chi connectivity index (χ1v) is 10.1. The smallest absolute Gasteiger partial charge is 0.323 e. The van der Waals surface area contributed by atoms with E-state index in [4.69, 9.17) is 10.5 Å². The molecule has 2 aromatic carbocycles. The van der Waals surface area contributed by atoms with Crippen molar-refractivity contribution in [2.45, 2.75) is 6.54 Å². The van der Waals surface area contributed by atoms with Crippen molar-refractivity contribution in [3.05, 3.63) is 76.8 Å². The van der Waals surface area contributed by atoms with Crippen LogP contribution in [0.3, 0.4) is 0 Å². The van der Waals surface area contributed by atoms with E-state index in [9.17, 15) is 9.18 Å². The number of nitrogen functional groups attached to an aromatic ring is 1. The number of carbonyl (C=O) groups is 1. The number of benzene rings is 2. The van der Waals surface area contributed by atoms with Gasteiger partial charge in [0.1, 0.15) is 17.4 Å². The van der Waals surface area contributed by atoms with Crippen molar-refractivity contribution in [1.29, 1.82) is 0 Å². The molecule has 158 valence electrons. The minimum atomic E-state index is -0.586. The minimum Gasteiger partial charge on any atom is -0.495 e. The van der Waals surface area contributed by atoms with Gasteiger partial charge in [0.2, 0.25) is 0 Å². The number of amides is 2. The number of nitrogens with two attached hydrogens (primary N) is 1. The molecule has 2 aromatic heterocycles. The third-order valence-corrected chi connectivity index (χ3v) is 5.24. The second-order valence-electron chi connectivity index (χ2n) is 6.81. The molecule has 31 heavy (non-hydrogen) atoms. The first kappa shape index (κ1) is 20.7. The van der Waals surface area contributed by atoms with Gasteiger partial charge in [0.15, 0.2) is 0 Å². The number of carbonyl (C=O) groups excluding carboxylic acids is 1. The zero-order valence-corrected chi connectivity index (χ0v) is 18.1. The van der Waals surface area contributed by atoms with Crippen LogP contribution in [0.5, 0.6) is 5.75 Å². The fraction of sp³-hybridized carbons (Fsp3) is 0.0909. The average Bonchev–Trinajstić information content (AvgIpc) is 3.13. The monoisotopic (exact) mass is 483 g/mol. The van der Waals surface area contributed by atoms with Gasteiger partial charge >= 0.3 is 6.03 Å². The van der Waals surface area contributed by atoms with Crippen LogP contribution >= 0.6 is 15.9 Å². The summed E-state index contributed by atoms with van der Waals surface area (Å²) in [6.45, 7) is 0.530. The Morgan fingerprint density at radius 2 is 2.03 bits per heavy atom. The van der Waals surface area contributed by atoms with Gasteiger partial charge < -0.3 is 25.7 Å². The van der Waals surface area contributed by atoms with Crippen LogP contribution in [-0.2, 0) is 6.54 Å². The maximum Gasteiger partial charge on any atom is 0.323 e. The second-order valence-corrected chi connectivity index (χ2v) is 7.73. The van der Waals surface area contributed by atoms with Gasteiger partial charge in [-0.2, -0.15) is 0 Å². The van der Waals surface area contributed by atoms with Gasteiger partial charge in [0.05, 0.1) is 24.0 Å². The van der Waals surface area contributed by atoms with Crippen molar-refractivity contribution in [2.24, 2.45) is 0 Å². The van der Waals surface area contributed by atoms with Crippen molar-refractivity contribution in [3.63, 3.8) is 0 Å². The maximum atomic E-state index is 14.6. The summed E-state index contributed by atoms with van der Waals surface area (Å²) in [6.07, 6.45) is 3.48. The Kier molecular flexibility index (Phi) is 5.77. The molecular weight excluding hydrogens is 465 g/mol. The number of nitrogens with zero attached hydrogens (tertiary/aromatic N) is 2. The highest BCUT2D eigenvalue weighted by Crippen LogP contribution is 2.30. The fourth-order valence-electron chi connectivity index (χ4n) is 3.35.